The summed E-state index contributed by atoms with van der Waals surface area (Å²) in [5, 5.41) is 0. The van der Waals surface area contributed by atoms with Crippen molar-refractivity contribution in [3.8, 4) is 0 Å². The summed E-state index contributed by atoms with van der Waals surface area (Å²) in [5.74, 6) is 2.54. The molecule has 0 rings (SSSR count). The molecule has 210 valence electrons. The number of rotatable bonds is 28. The molecule has 0 amide bonds. The van der Waals surface area contributed by atoms with Crippen LogP contribution in [0.5, 0.6) is 0 Å². The number of nitrogens with zero attached hydrogens (tertiary/aromatic N) is 2. The van der Waals surface area contributed by atoms with Gasteiger partial charge in [-0.2, -0.15) is 0 Å². The summed E-state index contributed by atoms with van der Waals surface area (Å²) in [6.45, 7) is 11.4. The highest BCUT2D eigenvalue weighted by atomic mass is 32.2. The lowest BCUT2D eigenvalue weighted by molar-refractivity contribution is 0.539. The van der Waals surface area contributed by atoms with Gasteiger partial charge in [-0.1, -0.05) is 156 Å². The zero-order valence-corrected chi connectivity index (χ0v) is 25.7. The molecule has 0 aliphatic carbocycles. The standard InChI is InChI=1S/C32H66N2S/c1-5-8-11-14-17-20-23-26-29-33-32(4)34(30-27-24-21-18-15-12-9-6-2)35-31-28-25-22-19-16-13-10-7-3/h5-31H2,1-4H3. The Morgan fingerprint density at radius 3 is 1.31 bits per heavy atom. The quantitative estimate of drug-likeness (QED) is 0.0450. The number of aliphatic imine (C=N–C) groups is 1. The summed E-state index contributed by atoms with van der Waals surface area (Å²) in [5.41, 5.74) is 0. The third kappa shape index (κ3) is 26.7. The van der Waals surface area contributed by atoms with Crippen molar-refractivity contribution in [3.63, 3.8) is 0 Å². The second-order valence-corrected chi connectivity index (χ2v) is 11.9. The van der Waals surface area contributed by atoms with Crippen LogP contribution in [0, 0.1) is 0 Å². The third-order valence-electron chi connectivity index (χ3n) is 7.17. The van der Waals surface area contributed by atoms with Crippen LogP contribution in [-0.4, -0.2) is 29.0 Å². The van der Waals surface area contributed by atoms with Crippen LogP contribution in [0.15, 0.2) is 4.99 Å². The van der Waals surface area contributed by atoms with E-state index < -0.39 is 0 Å². The maximum absolute atomic E-state index is 5.00. The van der Waals surface area contributed by atoms with Crippen LogP contribution in [-0.2, 0) is 0 Å². The van der Waals surface area contributed by atoms with Gasteiger partial charge in [0, 0.05) is 18.8 Å². The van der Waals surface area contributed by atoms with Gasteiger partial charge in [0.15, 0.2) is 0 Å². The van der Waals surface area contributed by atoms with E-state index in [2.05, 4.69) is 43.9 Å². The van der Waals surface area contributed by atoms with E-state index in [1.165, 1.54) is 172 Å². The van der Waals surface area contributed by atoms with Gasteiger partial charge in [-0.05, 0) is 38.1 Å². The summed E-state index contributed by atoms with van der Waals surface area (Å²) in [4.78, 5) is 5.00. The molecule has 3 heteroatoms. The number of unbranched alkanes of at least 4 members (excludes halogenated alkanes) is 21. The van der Waals surface area contributed by atoms with Crippen LogP contribution >= 0.6 is 11.9 Å². The van der Waals surface area contributed by atoms with Crippen molar-refractivity contribution < 1.29 is 0 Å². The predicted molar refractivity (Wildman–Crippen MR) is 165 cm³/mol. The summed E-state index contributed by atoms with van der Waals surface area (Å²) in [7, 11) is 0. The first-order valence-corrected chi connectivity index (χ1v) is 17.1. The highest BCUT2D eigenvalue weighted by molar-refractivity contribution is 7.97. The maximum Gasteiger partial charge on any atom is 0.106 e. The summed E-state index contributed by atoms with van der Waals surface area (Å²) < 4.78 is 2.54. The molecule has 0 unspecified atom stereocenters. The average molecular weight is 511 g/mol. The predicted octanol–water partition coefficient (Wildman–Crippen LogP) is 11.8. The summed E-state index contributed by atoms with van der Waals surface area (Å²) >= 11 is 2.06. The normalized spacial score (nSPS) is 11.9. The topological polar surface area (TPSA) is 15.6 Å². The van der Waals surface area contributed by atoms with Crippen molar-refractivity contribution in [2.75, 3.05) is 18.8 Å². The SMILES string of the molecule is CCCCCCCCCCN=C(C)N(CCCCCCCCCC)SCCCCCCCCCC. The minimum absolute atomic E-state index is 1.02. The Hall–Kier alpha value is -0.180. The molecule has 0 heterocycles. The van der Waals surface area contributed by atoms with Crippen LogP contribution in [0.25, 0.3) is 0 Å². The smallest absolute Gasteiger partial charge is 0.106 e. The van der Waals surface area contributed by atoms with E-state index in [4.69, 9.17) is 4.99 Å². The molecule has 0 N–H and O–H groups in total. The minimum Gasteiger partial charge on any atom is -0.305 e. The van der Waals surface area contributed by atoms with Gasteiger partial charge in [-0.15, -0.1) is 0 Å². The van der Waals surface area contributed by atoms with Gasteiger partial charge in [0.05, 0.1) is 0 Å². The van der Waals surface area contributed by atoms with Gasteiger partial charge >= 0.3 is 0 Å². The van der Waals surface area contributed by atoms with Gasteiger partial charge in [-0.3, -0.25) is 4.99 Å². The zero-order chi connectivity index (χ0) is 25.7. The van der Waals surface area contributed by atoms with Crippen LogP contribution in [0.3, 0.4) is 0 Å². The van der Waals surface area contributed by atoms with E-state index in [1.54, 1.807) is 0 Å². The highest BCUT2D eigenvalue weighted by Crippen LogP contribution is 2.18. The molecule has 0 aromatic rings. The van der Waals surface area contributed by atoms with E-state index in [1.807, 2.05) is 0 Å². The lowest BCUT2D eigenvalue weighted by Gasteiger charge is -2.23. The molecule has 0 radical (unpaired) electrons. The second kappa shape index (κ2) is 30.0. The Labute approximate surface area is 227 Å². The minimum atomic E-state index is 1.02. The molecule has 0 spiro atoms. The molecule has 35 heavy (non-hydrogen) atoms. The Morgan fingerprint density at radius 2 is 0.857 bits per heavy atom. The van der Waals surface area contributed by atoms with Crippen molar-refractivity contribution in [1.29, 1.82) is 0 Å². The first kappa shape index (κ1) is 34.8. The first-order chi connectivity index (χ1) is 17.3. The fraction of sp³-hybridized carbons (Fsp3) is 0.969. The summed E-state index contributed by atoms with van der Waals surface area (Å²) in [6, 6.07) is 0. The number of amidine groups is 1. The molecule has 0 fully saturated rings. The monoisotopic (exact) mass is 510 g/mol. The van der Waals surface area contributed by atoms with Crippen LogP contribution in [0.1, 0.15) is 182 Å². The molecule has 0 bridgehead atoms. The van der Waals surface area contributed by atoms with E-state index >= 15 is 0 Å². The lowest BCUT2D eigenvalue weighted by Crippen LogP contribution is -2.24. The molecule has 2 nitrogen and oxygen atoms in total. The van der Waals surface area contributed by atoms with Crippen LogP contribution in [0.4, 0.5) is 0 Å². The van der Waals surface area contributed by atoms with Gasteiger partial charge in [0.2, 0.25) is 0 Å². The molecule has 0 saturated carbocycles. The van der Waals surface area contributed by atoms with Gasteiger partial charge in [-0.25, -0.2) is 0 Å². The Kier molecular flexibility index (Phi) is 29.9. The van der Waals surface area contributed by atoms with Crippen molar-refractivity contribution in [3.05, 3.63) is 0 Å². The molecule has 0 aliphatic rings. The zero-order valence-electron chi connectivity index (χ0n) is 24.9. The van der Waals surface area contributed by atoms with Gasteiger partial charge in [0.25, 0.3) is 0 Å². The largest absolute Gasteiger partial charge is 0.305 e. The van der Waals surface area contributed by atoms with E-state index in [-0.39, 0.29) is 0 Å². The van der Waals surface area contributed by atoms with Gasteiger partial charge < -0.3 is 4.31 Å². The van der Waals surface area contributed by atoms with Crippen molar-refractivity contribution in [2.24, 2.45) is 4.99 Å². The first-order valence-electron chi connectivity index (χ1n) is 16.2. The Bertz CT molecular complexity index is 424. The van der Waals surface area contributed by atoms with Crippen LogP contribution < -0.4 is 0 Å². The molecular formula is C32H66N2S. The van der Waals surface area contributed by atoms with Crippen molar-refractivity contribution in [2.45, 2.75) is 182 Å². The third-order valence-corrected chi connectivity index (χ3v) is 8.40. The van der Waals surface area contributed by atoms with Crippen molar-refractivity contribution >= 4 is 17.8 Å². The number of hydrogen-bond acceptors (Lipinski definition) is 2. The fourth-order valence-corrected chi connectivity index (χ4v) is 5.74. The molecular weight excluding hydrogens is 444 g/mol. The average Bonchev–Trinajstić information content (AvgIpc) is 2.86. The molecule has 0 aromatic heterocycles. The van der Waals surface area contributed by atoms with E-state index in [0.29, 0.717) is 0 Å². The van der Waals surface area contributed by atoms with Crippen molar-refractivity contribution in [1.82, 2.24) is 4.31 Å². The lowest BCUT2D eigenvalue weighted by atomic mass is 10.1. The van der Waals surface area contributed by atoms with Gasteiger partial charge in [0.1, 0.15) is 5.84 Å². The van der Waals surface area contributed by atoms with Crippen LogP contribution in [0.2, 0.25) is 0 Å². The Balaban J connectivity index is 4.14. The number of hydrogen-bond donors (Lipinski definition) is 0. The Morgan fingerprint density at radius 1 is 0.486 bits per heavy atom. The molecule has 0 aliphatic heterocycles. The fourth-order valence-electron chi connectivity index (χ4n) is 4.69. The molecule has 0 aromatic carbocycles. The highest BCUT2D eigenvalue weighted by Gasteiger charge is 2.08. The molecule has 0 saturated heterocycles. The summed E-state index contributed by atoms with van der Waals surface area (Å²) in [6.07, 6.45) is 33.5. The van der Waals surface area contributed by atoms with E-state index in [0.717, 1.165) is 6.54 Å². The molecule has 0 atom stereocenters. The second-order valence-electron chi connectivity index (χ2n) is 10.8. The van der Waals surface area contributed by atoms with E-state index in [9.17, 15) is 0 Å². The maximum atomic E-state index is 5.00.